The average Bonchev–Trinajstić information content (AvgIpc) is 3.31. The molecular formula is C27H31BrN6O3S. The second-order valence-corrected chi connectivity index (χ2v) is 12.0. The zero-order valence-corrected chi connectivity index (χ0v) is 24.0. The van der Waals surface area contributed by atoms with Crippen molar-refractivity contribution in [3.63, 3.8) is 0 Å². The van der Waals surface area contributed by atoms with Crippen molar-refractivity contribution < 1.29 is 13.2 Å². The van der Waals surface area contributed by atoms with E-state index >= 15 is 0 Å². The van der Waals surface area contributed by atoms with Crippen molar-refractivity contribution in [1.82, 2.24) is 24.4 Å². The molecule has 0 unspecified atom stereocenters. The third kappa shape index (κ3) is 5.56. The largest absolute Gasteiger partial charge is 0.424 e. The molecule has 0 spiro atoms. The van der Waals surface area contributed by atoms with Crippen LogP contribution in [0.25, 0.3) is 10.8 Å². The van der Waals surface area contributed by atoms with E-state index < -0.39 is 16.1 Å². The van der Waals surface area contributed by atoms with E-state index in [1.807, 2.05) is 43.3 Å². The van der Waals surface area contributed by atoms with Crippen molar-refractivity contribution in [2.75, 3.05) is 38.1 Å². The first-order chi connectivity index (χ1) is 18.2. The number of piperazine rings is 1. The third-order valence-corrected chi connectivity index (χ3v) is 9.01. The highest BCUT2D eigenvalue weighted by Crippen LogP contribution is 2.29. The maximum Gasteiger partial charge on any atom is 0.322 e. The molecule has 4 aromatic rings. The Morgan fingerprint density at radius 1 is 1.03 bits per heavy atom. The number of halogens is 1. The molecule has 200 valence electrons. The number of hydrogen-bond acceptors (Lipinski definition) is 7. The molecule has 1 aliphatic heterocycles. The Balaban J connectivity index is 1.34. The van der Waals surface area contributed by atoms with Crippen LogP contribution in [-0.4, -0.2) is 61.3 Å². The Morgan fingerprint density at radius 3 is 2.55 bits per heavy atom. The molecule has 11 heteroatoms. The predicted octanol–water partition coefficient (Wildman–Crippen LogP) is 4.80. The summed E-state index contributed by atoms with van der Waals surface area (Å²) >= 11 is 3.51. The Kier molecular flexibility index (Phi) is 7.71. The second-order valence-electron chi connectivity index (χ2n) is 9.44. The maximum absolute atomic E-state index is 13.2. The minimum absolute atomic E-state index is 0.190. The molecule has 1 atom stereocenters. The number of aromatic nitrogens is 3. The Hall–Kier alpha value is -2.99. The number of benzene rings is 3. The molecule has 3 aromatic carbocycles. The molecule has 0 radical (unpaired) electrons. The Morgan fingerprint density at radius 2 is 1.79 bits per heavy atom. The van der Waals surface area contributed by atoms with Crippen molar-refractivity contribution in [3.8, 4) is 11.8 Å². The minimum Gasteiger partial charge on any atom is -0.424 e. The van der Waals surface area contributed by atoms with E-state index in [1.54, 1.807) is 29.7 Å². The molecule has 9 nitrogen and oxygen atoms in total. The first-order valence-electron chi connectivity index (χ1n) is 12.6. The molecule has 0 aliphatic carbocycles. The second kappa shape index (κ2) is 11.0. The third-order valence-electron chi connectivity index (χ3n) is 6.79. The molecule has 2 heterocycles. The molecule has 0 saturated carbocycles. The number of nitrogens with zero attached hydrogens (tertiary/aromatic N) is 5. The first kappa shape index (κ1) is 26.6. The molecule has 1 fully saturated rings. The van der Waals surface area contributed by atoms with E-state index in [0.29, 0.717) is 24.1 Å². The van der Waals surface area contributed by atoms with Crippen LogP contribution in [-0.2, 0) is 16.6 Å². The molecular weight excluding hydrogens is 568 g/mol. The number of anilines is 1. The van der Waals surface area contributed by atoms with Gasteiger partial charge in [-0.3, -0.25) is 4.57 Å². The van der Waals surface area contributed by atoms with Gasteiger partial charge in [-0.1, -0.05) is 45.3 Å². The molecule has 5 rings (SSSR count). The molecule has 0 bridgehead atoms. The van der Waals surface area contributed by atoms with Crippen molar-refractivity contribution in [1.29, 1.82) is 0 Å². The number of likely N-dealkylation sites (N-methyl/N-ethyl adjacent to an activating group) is 1. The van der Waals surface area contributed by atoms with Crippen LogP contribution < -0.4 is 14.4 Å². The highest BCUT2D eigenvalue weighted by atomic mass is 79.9. The Labute approximate surface area is 231 Å². The molecule has 1 saturated heterocycles. The van der Waals surface area contributed by atoms with Crippen LogP contribution in [0.15, 0.2) is 70.0 Å². The lowest BCUT2D eigenvalue weighted by atomic mass is 10.1. The van der Waals surface area contributed by atoms with E-state index in [9.17, 15) is 8.42 Å². The zero-order chi connectivity index (χ0) is 26.9. The topological polar surface area (TPSA) is 92.6 Å². The van der Waals surface area contributed by atoms with Gasteiger partial charge in [0, 0.05) is 49.0 Å². The molecule has 38 heavy (non-hydrogen) atoms. The molecule has 1 N–H and O–H groups in total. The lowest BCUT2D eigenvalue weighted by molar-refractivity contribution is 0.312. The van der Waals surface area contributed by atoms with Gasteiger partial charge in [-0.2, -0.15) is 0 Å². The minimum atomic E-state index is -3.80. The van der Waals surface area contributed by atoms with Crippen LogP contribution >= 0.6 is 15.9 Å². The lowest BCUT2D eigenvalue weighted by Crippen LogP contribution is -2.44. The summed E-state index contributed by atoms with van der Waals surface area (Å²) in [5, 5.41) is 10.3. The van der Waals surface area contributed by atoms with Gasteiger partial charge >= 0.3 is 6.01 Å². The lowest BCUT2D eigenvalue weighted by Gasteiger charge is -2.34. The van der Waals surface area contributed by atoms with Crippen LogP contribution in [0, 0.1) is 0 Å². The smallest absolute Gasteiger partial charge is 0.322 e. The fourth-order valence-electron chi connectivity index (χ4n) is 4.65. The van der Waals surface area contributed by atoms with Gasteiger partial charge in [0.25, 0.3) is 0 Å². The van der Waals surface area contributed by atoms with Crippen molar-refractivity contribution >= 4 is 42.4 Å². The van der Waals surface area contributed by atoms with E-state index in [-0.39, 0.29) is 4.90 Å². The molecule has 0 amide bonds. The van der Waals surface area contributed by atoms with Crippen LogP contribution in [0.2, 0.25) is 0 Å². The zero-order valence-electron chi connectivity index (χ0n) is 21.6. The molecule has 1 aromatic heterocycles. The normalized spacial score (nSPS) is 15.6. The highest BCUT2D eigenvalue weighted by Gasteiger charge is 2.25. The van der Waals surface area contributed by atoms with Crippen LogP contribution in [0.1, 0.15) is 25.7 Å². The van der Waals surface area contributed by atoms with E-state index in [4.69, 9.17) is 4.74 Å². The summed E-state index contributed by atoms with van der Waals surface area (Å²) in [6, 6.07) is 18.4. The summed E-state index contributed by atoms with van der Waals surface area (Å²) in [6.45, 7) is 8.17. The van der Waals surface area contributed by atoms with Crippen LogP contribution in [0.5, 0.6) is 11.8 Å². The van der Waals surface area contributed by atoms with E-state index in [2.05, 4.69) is 53.8 Å². The number of ether oxygens (including phenoxy) is 1. The van der Waals surface area contributed by atoms with Crippen molar-refractivity contribution in [2.24, 2.45) is 0 Å². The van der Waals surface area contributed by atoms with Crippen molar-refractivity contribution in [2.45, 2.75) is 31.3 Å². The van der Waals surface area contributed by atoms with Crippen LogP contribution in [0.4, 0.5) is 5.69 Å². The van der Waals surface area contributed by atoms with E-state index in [0.717, 1.165) is 47.1 Å². The summed E-state index contributed by atoms with van der Waals surface area (Å²) in [5.41, 5.74) is 1.10. The number of sulfonamides is 1. The number of hydrogen-bond donors (Lipinski definition) is 1. The van der Waals surface area contributed by atoms with Gasteiger partial charge < -0.3 is 14.5 Å². The van der Waals surface area contributed by atoms with Gasteiger partial charge in [0.2, 0.25) is 10.0 Å². The quantitative estimate of drug-likeness (QED) is 0.311. The van der Waals surface area contributed by atoms with Crippen LogP contribution in [0.3, 0.4) is 0 Å². The molecule has 1 aliphatic rings. The monoisotopic (exact) mass is 598 g/mol. The summed E-state index contributed by atoms with van der Waals surface area (Å²) in [4.78, 5) is 4.84. The number of nitrogens with one attached hydrogen (secondary N) is 1. The van der Waals surface area contributed by atoms with Crippen molar-refractivity contribution in [3.05, 3.63) is 71.0 Å². The Bertz CT molecular complexity index is 1550. The predicted molar refractivity (Wildman–Crippen MR) is 152 cm³/mol. The van der Waals surface area contributed by atoms with Gasteiger partial charge in [-0.05, 0) is 62.0 Å². The summed E-state index contributed by atoms with van der Waals surface area (Å²) in [5.74, 6) is 1.13. The first-order valence-corrected chi connectivity index (χ1v) is 14.9. The maximum atomic E-state index is 13.2. The standard InChI is InChI=1S/C27H31BrN6O3S/c1-4-34-26(19(2)31-38(35,36)23-11-12-24-20(17-23)7-5-10-25(24)28)29-30-27(34)37-22-9-6-8-21(18-22)33-15-13-32(3)14-16-33/h5-12,17-19,31H,4,13-16H2,1-3H3/t19-/m1/s1. The van der Waals surface area contributed by atoms with Gasteiger partial charge in [0.05, 0.1) is 10.9 Å². The summed E-state index contributed by atoms with van der Waals surface area (Å²) < 4.78 is 38.0. The fraction of sp³-hybridized carbons (Fsp3) is 0.333. The van der Waals surface area contributed by atoms with Gasteiger partial charge in [-0.25, -0.2) is 13.1 Å². The average molecular weight is 600 g/mol. The van der Waals surface area contributed by atoms with E-state index in [1.165, 1.54) is 0 Å². The van der Waals surface area contributed by atoms with Gasteiger partial charge in [0.1, 0.15) is 5.75 Å². The number of fused-ring (bicyclic) bond motifs is 1. The SMILES string of the molecule is CCn1c(Oc2cccc(N3CCN(C)CC3)c2)nnc1[C@@H](C)NS(=O)(=O)c1ccc2c(Br)cccc2c1. The van der Waals surface area contributed by atoms with Gasteiger partial charge in [0.15, 0.2) is 5.82 Å². The number of rotatable bonds is 8. The summed E-state index contributed by atoms with van der Waals surface area (Å²) in [6.07, 6.45) is 0. The van der Waals surface area contributed by atoms with Gasteiger partial charge in [-0.15, -0.1) is 5.10 Å². The summed E-state index contributed by atoms with van der Waals surface area (Å²) in [7, 11) is -1.67. The fourth-order valence-corrected chi connectivity index (χ4v) is 6.40. The highest BCUT2D eigenvalue weighted by molar-refractivity contribution is 9.10.